The van der Waals surface area contributed by atoms with Gasteiger partial charge in [-0.3, -0.25) is 0 Å². The van der Waals surface area contributed by atoms with E-state index in [0.717, 1.165) is 25.4 Å². The highest BCUT2D eigenvalue weighted by molar-refractivity contribution is 4.82. The van der Waals surface area contributed by atoms with Crippen molar-refractivity contribution < 1.29 is 9.84 Å². The van der Waals surface area contributed by atoms with Gasteiger partial charge in [-0.25, -0.2) is 0 Å². The molecule has 0 radical (unpaired) electrons. The molecule has 0 amide bonds. The zero-order valence-electron chi connectivity index (χ0n) is 11.7. The van der Waals surface area contributed by atoms with Gasteiger partial charge in [0, 0.05) is 6.61 Å². The number of hydrogen-bond acceptors (Lipinski definition) is 2. The summed E-state index contributed by atoms with van der Waals surface area (Å²) in [6, 6.07) is 0. The normalized spacial score (nSPS) is 25.6. The molecule has 0 aromatic rings. The van der Waals surface area contributed by atoms with E-state index in [1.165, 1.54) is 44.9 Å². The van der Waals surface area contributed by atoms with Gasteiger partial charge in [-0.05, 0) is 38.5 Å². The van der Waals surface area contributed by atoms with Crippen LogP contribution in [0.15, 0.2) is 0 Å². The summed E-state index contributed by atoms with van der Waals surface area (Å²) in [6.07, 6.45) is 11.2. The number of aliphatic hydroxyl groups is 1. The van der Waals surface area contributed by atoms with E-state index < -0.39 is 0 Å². The van der Waals surface area contributed by atoms with Crippen molar-refractivity contribution in [1.82, 2.24) is 0 Å². The summed E-state index contributed by atoms with van der Waals surface area (Å²) >= 11 is 0. The van der Waals surface area contributed by atoms with Gasteiger partial charge in [-0.15, -0.1) is 0 Å². The van der Waals surface area contributed by atoms with Crippen molar-refractivity contribution in [1.29, 1.82) is 0 Å². The second-order valence-corrected chi connectivity index (χ2v) is 5.51. The van der Waals surface area contributed by atoms with E-state index in [1.54, 1.807) is 0 Å². The molecule has 1 atom stereocenters. The van der Waals surface area contributed by atoms with Gasteiger partial charge in [-0.2, -0.15) is 0 Å². The fourth-order valence-electron chi connectivity index (χ4n) is 2.72. The molecule has 2 heteroatoms. The molecule has 0 bridgehead atoms. The average Bonchev–Trinajstić information content (AvgIpc) is 2.26. The second kappa shape index (κ2) is 8.93. The third kappa shape index (κ3) is 6.42. The first-order valence-corrected chi connectivity index (χ1v) is 7.55. The van der Waals surface area contributed by atoms with Crippen LogP contribution in [0.4, 0.5) is 0 Å². The molecule has 1 N–H and O–H groups in total. The largest absolute Gasteiger partial charge is 0.393 e. The van der Waals surface area contributed by atoms with Crippen molar-refractivity contribution in [2.45, 2.75) is 83.8 Å². The Morgan fingerprint density at radius 1 is 1.12 bits per heavy atom. The minimum absolute atomic E-state index is 0.0656. The van der Waals surface area contributed by atoms with Crippen LogP contribution in [0.3, 0.4) is 0 Å². The molecule has 0 aromatic heterocycles. The van der Waals surface area contributed by atoms with Gasteiger partial charge >= 0.3 is 0 Å². The Balaban J connectivity index is 1.90. The van der Waals surface area contributed by atoms with E-state index >= 15 is 0 Å². The number of ether oxygens (including phenoxy) is 1. The van der Waals surface area contributed by atoms with Crippen LogP contribution in [0.1, 0.15) is 71.6 Å². The lowest BCUT2D eigenvalue weighted by Gasteiger charge is -2.36. The topological polar surface area (TPSA) is 29.5 Å². The quantitative estimate of drug-likeness (QED) is 0.588. The van der Waals surface area contributed by atoms with Crippen molar-refractivity contribution in [3.05, 3.63) is 0 Å². The van der Waals surface area contributed by atoms with E-state index in [-0.39, 0.29) is 6.10 Å². The molecular formula is C15H30O2. The van der Waals surface area contributed by atoms with Gasteiger partial charge in [-0.1, -0.05) is 39.0 Å². The highest BCUT2D eigenvalue weighted by Crippen LogP contribution is 2.34. The summed E-state index contributed by atoms with van der Waals surface area (Å²) in [5.41, 5.74) is 0. The number of hydrogen-bond donors (Lipinski definition) is 1. The summed E-state index contributed by atoms with van der Waals surface area (Å²) in [6.45, 7) is 5.12. The van der Waals surface area contributed by atoms with Gasteiger partial charge < -0.3 is 9.84 Å². The third-order valence-electron chi connectivity index (χ3n) is 3.84. The third-order valence-corrected chi connectivity index (χ3v) is 3.84. The average molecular weight is 242 g/mol. The van der Waals surface area contributed by atoms with E-state index in [2.05, 4.69) is 13.8 Å². The smallest absolute Gasteiger partial charge is 0.0580 e. The molecular weight excluding hydrogens is 212 g/mol. The molecule has 1 rings (SSSR count). The zero-order chi connectivity index (χ0) is 12.5. The molecule has 1 fully saturated rings. The van der Waals surface area contributed by atoms with Crippen LogP contribution in [0.2, 0.25) is 0 Å². The lowest BCUT2D eigenvalue weighted by Crippen LogP contribution is -2.33. The Labute approximate surface area is 107 Å². The highest BCUT2D eigenvalue weighted by Gasteiger charge is 2.30. The molecule has 1 saturated carbocycles. The number of unbranched alkanes of at least 4 members (excludes halogenated alkanes) is 4. The van der Waals surface area contributed by atoms with Crippen LogP contribution < -0.4 is 0 Å². The van der Waals surface area contributed by atoms with Crippen molar-refractivity contribution >= 4 is 0 Å². The summed E-state index contributed by atoms with van der Waals surface area (Å²) in [5, 5.41) is 9.92. The summed E-state index contributed by atoms with van der Waals surface area (Å²) in [7, 11) is 0. The standard InChI is InChI=1S/C15H30O2/c1-3-5-6-7-8-9-14(16)10-13-11-15(12-13)17-4-2/h13-16H,3-12H2,1-2H3. The monoisotopic (exact) mass is 242 g/mol. The number of rotatable bonds is 10. The van der Waals surface area contributed by atoms with Gasteiger partial charge in [0.25, 0.3) is 0 Å². The maximum atomic E-state index is 9.92. The Morgan fingerprint density at radius 3 is 2.47 bits per heavy atom. The molecule has 0 heterocycles. The van der Waals surface area contributed by atoms with Crippen LogP contribution in [-0.2, 0) is 4.74 Å². The van der Waals surface area contributed by atoms with Crippen LogP contribution in [0, 0.1) is 5.92 Å². The van der Waals surface area contributed by atoms with Gasteiger partial charge in [0.05, 0.1) is 12.2 Å². The number of aliphatic hydroxyl groups excluding tert-OH is 1. The highest BCUT2D eigenvalue weighted by atomic mass is 16.5. The molecule has 1 aliphatic carbocycles. The van der Waals surface area contributed by atoms with Gasteiger partial charge in [0.1, 0.15) is 0 Å². The first-order chi connectivity index (χ1) is 8.26. The minimum Gasteiger partial charge on any atom is -0.393 e. The molecule has 2 nitrogen and oxygen atoms in total. The molecule has 0 aromatic carbocycles. The summed E-state index contributed by atoms with van der Waals surface area (Å²) in [4.78, 5) is 0. The van der Waals surface area contributed by atoms with E-state index in [0.29, 0.717) is 6.10 Å². The Kier molecular flexibility index (Phi) is 7.87. The SMILES string of the molecule is CCCCCCCC(O)CC1CC(OCC)C1. The van der Waals surface area contributed by atoms with Crippen molar-refractivity contribution in [3.8, 4) is 0 Å². The Bertz CT molecular complexity index is 176. The second-order valence-electron chi connectivity index (χ2n) is 5.51. The molecule has 0 aliphatic heterocycles. The summed E-state index contributed by atoms with van der Waals surface area (Å²) < 4.78 is 5.53. The fourth-order valence-corrected chi connectivity index (χ4v) is 2.72. The maximum Gasteiger partial charge on any atom is 0.0580 e. The van der Waals surface area contributed by atoms with Crippen LogP contribution >= 0.6 is 0 Å². The first-order valence-electron chi connectivity index (χ1n) is 7.55. The van der Waals surface area contributed by atoms with Gasteiger partial charge in [0.2, 0.25) is 0 Å². The van der Waals surface area contributed by atoms with Crippen LogP contribution in [-0.4, -0.2) is 23.9 Å². The predicted molar refractivity (Wildman–Crippen MR) is 72.1 cm³/mol. The fraction of sp³-hybridized carbons (Fsp3) is 1.00. The van der Waals surface area contributed by atoms with Crippen LogP contribution in [0.5, 0.6) is 0 Å². The van der Waals surface area contributed by atoms with Crippen LogP contribution in [0.25, 0.3) is 0 Å². The predicted octanol–water partition coefficient (Wildman–Crippen LogP) is 3.91. The minimum atomic E-state index is -0.0656. The first kappa shape index (κ1) is 15.0. The summed E-state index contributed by atoms with van der Waals surface area (Å²) in [5.74, 6) is 0.720. The van der Waals surface area contributed by atoms with Crippen molar-refractivity contribution in [3.63, 3.8) is 0 Å². The van der Waals surface area contributed by atoms with E-state index in [1.807, 2.05) is 0 Å². The van der Waals surface area contributed by atoms with E-state index in [4.69, 9.17) is 4.74 Å². The maximum absolute atomic E-state index is 9.92. The molecule has 102 valence electrons. The van der Waals surface area contributed by atoms with E-state index in [9.17, 15) is 5.11 Å². The lowest BCUT2D eigenvalue weighted by atomic mass is 9.78. The lowest BCUT2D eigenvalue weighted by molar-refractivity contribution is -0.0384. The molecule has 1 unspecified atom stereocenters. The van der Waals surface area contributed by atoms with Gasteiger partial charge in [0.15, 0.2) is 0 Å². The molecule has 0 saturated heterocycles. The Morgan fingerprint density at radius 2 is 1.82 bits per heavy atom. The van der Waals surface area contributed by atoms with Crippen molar-refractivity contribution in [2.75, 3.05) is 6.61 Å². The molecule has 1 aliphatic rings. The molecule has 0 spiro atoms. The molecule has 17 heavy (non-hydrogen) atoms. The zero-order valence-corrected chi connectivity index (χ0v) is 11.7. The van der Waals surface area contributed by atoms with Crippen molar-refractivity contribution in [2.24, 2.45) is 5.92 Å². The Hall–Kier alpha value is -0.0800.